The number of fused-ring (bicyclic) bond motifs is 5. The molecule has 0 atom stereocenters. The van der Waals surface area contributed by atoms with Crippen LogP contribution < -0.4 is 5.56 Å². The van der Waals surface area contributed by atoms with Gasteiger partial charge in [-0.05, 0) is 36.4 Å². The van der Waals surface area contributed by atoms with Gasteiger partial charge in [-0.1, -0.05) is 48.5 Å². The highest BCUT2D eigenvalue weighted by molar-refractivity contribution is 6.00. The van der Waals surface area contributed by atoms with Gasteiger partial charge in [-0.15, -0.1) is 0 Å². The number of hydrogen-bond acceptors (Lipinski definition) is 3. The van der Waals surface area contributed by atoms with Crippen LogP contribution in [0.3, 0.4) is 0 Å². The molecule has 0 saturated carbocycles. The Balaban J connectivity index is 1.93. The molecule has 3 aromatic heterocycles. The van der Waals surface area contributed by atoms with E-state index >= 15 is 0 Å². The minimum atomic E-state index is -0.105. The van der Waals surface area contributed by atoms with Crippen LogP contribution in [0.4, 0.5) is 0 Å². The highest BCUT2D eigenvalue weighted by atomic mass is 16.1. The molecule has 5 heteroatoms. The zero-order valence-electron chi connectivity index (χ0n) is 14.8. The Labute approximate surface area is 159 Å². The molecule has 0 amide bonds. The van der Waals surface area contributed by atoms with Crippen LogP contribution in [0.25, 0.3) is 44.2 Å². The molecule has 6 aromatic rings. The minimum absolute atomic E-state index is 0.105. The van der Waals surface area contributed by atoms with Gasteiger partial charge in [-0.25, -0.2) is 14.6 Å². The quantitative estimate of drug-likeness (QED) is 0.437. The molecule has 0 fully saturated rings. The molecular weight excluding hydrogens is 348 g/mol. The van der Waals surface area contributed by atoms with Gasteiger partial charge in [-0.3, -0.25) is 4.79 Å². The van der Waals surface area contributed by atoms with E-state index in [1.807, 2.05) is 83.5 Å². The van der Waals surface area contributed by atoms with Gasteiger partial charge in [0.2, 0.25) is 0 Å². The average molecular weight is 362 g/mol. The van der Waals surface area contributed by atoms with E-state index in [9.17, 15) is 4.79 Å². The predicted molar refractivity (Wildman–Crippen MR) is 111 cm³/mol. The fourth-order valence-corrected chi connectivity index (χ4v) is 3.82. The molecule has 0 radical (unpaired) electrons. The molecule has 3 heterocycles. The second-order valence-electron chi connectivity index (χ2n) is 6.77. The lowest BCUT2D eigenvalue weighted by molar-refractivity contribution is 0.788. The van der Waals surface area contributed by atoms with Crippen LogP contribution in [0.15, 0.2) is 89.7 Å². The van der Waals surface area contributed by atoms with Crippen LogP contribution in [0.5, 0.6) is 0 Å². The van der Waals surface area contributed by atoms with Crippen molar-refractivity contribution < 1.29 is 0 Å². The molecule has 0 aliphatic carbocycles. The zero-order chi connectivity index (χ0) is 18.7. The first-order valence-corrected chi connectivity index (χ1v) is 9.09. The van der Waals surface area contributed by atoms with E-state index in [0.717, 1.165) is 22.0 Å². The lowest BCUT2D eigenvalue weighted by Gasteiger charge is -2.08. The second-order valence-corrected chi connectivity index (χ2v) is 6.77. The maximum absolute atomic E-state index is 13.4. The highest BCUT2D eigenvalue weighted by Crippen LogP contribution is 2.27. The van der Waals surface area contributed by atoms with Gasteiger partial charge in [-0.2, -0.15) is 4.52 Å². The van der Waals surface area contributed by atoms with Gasteiger partial charge in [0.05, 0.1) is 27.5 Å². The smallest absolute Gasteiger partial charge is 0.267 e. The van der Waals surface area contributed by atoms with Crippen molar-refractivity contribution in [3.63, 3.8) is 0 Å². The van der Waals surface area contributed by atoms with Crippen LogP contribution >= 0.6 is 0 Å². The molecule has 6 rings (SSSR count). The Bertz CT molecular complexity index is 1580. The zero-order valence-corrected chi connectivity index (χ0v) is 14.8. The summed E-state index contributed by atoms with van der Waals surface area (Å²) in [7, 11) is 0. The molecule has 0 aliphatic rings. The van der Waals surface area contributed by atoms with Crippen LogP contribution in [0, 0.1) is 0 Å². The standard InChI is InChI=1S/C23H14N4O/c28-23-17-11-5-7-13-20(17)25-22-18-14-15-8-4-6-12-19(15)24-21(18)26(27(22)23)16-9-2-1-3-10-16/h1-14H. The van der Waals surface area contributed by atoms with Crippen molar-refractivity contribution in [2.24, 2.45) is 0 Å². The van der Waals surface area contributed by atoms with Gasteiger partial charge < -0.3 is 0 Å². The van der Waals surface area contributed by atoms with Crippen LogP contribution in [-0.2, 0) is 0 Å². The van der Waals surface area contributed by atoms with Gasteiger partial charge >= 0.3 is 0 Å². The molecule has 28 heavy (non-hydrogen) atoms. The summed E-state index contributed by atoms with van der Waals surface area (Å²) in [6, 6.07) is 27.3. The van der Waals surface area contributed by atoms with Crippen molar-refractivity contribution in [1.82, 2.24) is 19.2 Å². The van der Waals surface area contributed by atoms with Gasteiger partial charge in [0.25, 0.3) is 5.56 Å². The van der Waals surface area contributed by atoms with E-state index < -0.39 is 0 Å². The third-order valence-corrected chi connectivity index (χ3v) is 5.10. The van der Waals surface area contributed by atoms with Crippen molar-refractivity contribution in [3.05, 3.63) is 95.3 Å². The van der Waals surface area contributed by atoms with E-state index in [1.165, 1.54) is 0 Å². The number of nitrogens with zero attached hydrogens (tertiary/aromatic N) is 4. The summed E-state index contributed by atoms with van der Waals surface area (Å²) in [5.74, 6) is 0. The van der Waals surface area contributed by atoms with Crippen molar-refractivity contribution in [3.8, 4) is 5.69 Å². The molecule has 0 spiro atoms. The highest BCUT2D eigenvalue weighted by Gasteiger charge is 2.18. The first-order valence-electron chi connectivity index (χ1n) is 9.09. The fraction of sp³-hybridized carbons (Fsp3) is 0. The fourth-order valence-electron chi connectivity index (χ4n) is 3.82. The minimum Gasteiger partial charge on any atom is -0.267 e. The van der Waals surface area contributed by atoms with Crippen LogP contribution in [0.1, 0.15) is 0 Å². The summed E-state index contributed by atoms with van der Waals surface area (Å²) < 4.78 is 3.49. The third-order valence-electron chi connectivity index (χ3n) is 5.10. The van der Waals surface area contributed by atoms with Crippen molar-refractivity contribution in [2.45, 2.75) is 0 Å². The summed E-state index contributed by atoms with van der Waals surface area (Å²) in [4.78, 5) is 23.1. The average Bonchev–Trinajstić information content (AvgIpc) is 3.06. The third kappa shape index (κ3) is 1.98. The van der Waals surface area contributed by atoms with E-state index in [2.05, 4.69) is 6.07 Å². The van der Waals surface area contributed by atoms with E-state index in [-0.39, 0.29) is 5.56 Å². The SMILES string of the molecule is O=c1c2ccccc2nc2c3cc4ccccc4nc3n(-c3ccccc3)n12. The summed E-state index contributed by atoms with van der Waals surface area (Å²) in [6.07, 6.45) is 0. The lowest BCUT2D eigenvalue weighted by Crippen LogP contribution is -2.20. The number of pyridine rings is 1. The number of benzene rings is 3. The molecular formula is C23H14N4O. The predicted octanol–water partition coefficient (Wildman–Crippen LogP) is 4.34. The Morgan fingerprint density at radius 3 is 2.18 bits per heavy atom. The van der Waals surface area contributed by atoms with Crippen LogP contribution in [-0.4, -0.2) is 19.2 Å². The monoisotopic (exact) mass is 362 g/mol. The maximum atomic E-state index is 13.4. The molecule has 5 nitrogen and oxygen atoms in total. The first-order chi connectivity index (χ1) is 13.8. The maximum Gasteiger partial charge on any atom is 0.281 e. The summed E-state index contributed by atoms with van der Waals surface area (Å²) >= 11 is 0. The molecule has 0 unspecified atom stereocenters. The van der Waals surface area contributed by atoms with E-state index in [4.69, 9.17) is 9.97 Å². The second kappa shape index (κ2) is 5.50. The van der Waals surface area contributed by atoms with Crippen molar-refractivity contribution in [2.75, 3.05) is 0 Å². The van der Waals surface area contributed by atoms with Gasteiger partial charge in [0, 0.05) is 5.39 Å². The van der Waals surface area contributed by atoms with Crippen molar-refractivity contribution >= 4 is 38.5 Å². The molecule has 3 aromatic carbocycles. The Kier molecular flexibility index (Phi) is 2.97. The number of rotatable bonds is 1. The number of aromatic nitrogens is 4. The topological polar surface area (TPSA) is 52.2 Å². The Morgan fingerprint density at radius 2 is 1.32 bits per heavy atom. The molecule has 0 N–H and O–H groups in total. The summed E-state index contributed by atoms with van der Waals surface area (Å²) in [5.41, 5.74) is 3.65. The molecule has 0 bridgehead atoms. The van der Waals surface area contributed by atoms with E-state index in [1.54, 1.807) is 4.52 Å². The first kappa shape index (κ1) is 15.1. The largest absolute Gasteiger partial charge is 0.281 e. The van der Waals surface area contributed by atoms with E-state index in [0.29, 0.717) is 22.2 Å². The molecule has 132 valence electrons. The number of para-hydroxylation sites is 3. The molecule has 0 saturated heterocycles. The Morgan fingerprint density at radius 1 is 0.643 bits per heavy atom. The summed E-state index contributed by atoms with van der Waals surface area (Å²) in [5, 5.41) is 2.46. The molecule has 0 aliphatic heterocycles. The summed E-state index contributed by atoms with van der Waals surface area (Å²) in [6.45, 7) is 0. The van der Waals surface area contributed by atoms with Crippen molar-refractivity contribution in [1.29, 1.82) is 0 Å². The van der Waals surface area contributed by atoms with Gasteiger partial charge in [0.1, 0.15) is 0 Å². The Hall–Kier alpha value is -3.99. The van der Waals surface area contributed by atoms with Gasteiger partial charge in [0.15, 0.2) is 11.3 Å². The lowest BCUT2D eigenvalue weighted by atomic mass is 10.2. The number of hydrogen-bond donors (Lipinski definition) is 0. The van der Waals surface area contributed by atoms with Crippen LogP contribution in [0.2, 0.25) is 0 Å². The normalized spacial score (nSPS) is 11.7.